The summed E-state index contributed by atoms with van der Waals surface area (Å²) >= 11 is 0. The lowest BCUT2D eigenvalue weighted by Crippen LogP contribution is -2.49. The van der Waals surface area contributed by atoms with Crippen LogP contribution in [0.1, 0.15) is 42.5 Å². The zero-order valence-electron chi connectivity index (χ0n) is 18.0. The zero-order chi connectivity index (χ0) is 22.9. The molecule has 0 atom stereocenters. The second kappa shape index (κ2) is 8.68. The van der Waals surface area contributed by atoms with Gasteiger partial charge in [0.1, 0.15) is 17.7 Å². The number of aromatic nitrogens is 2. The number of methoxy groups -OCH3 is 1. The van der Waals surface area contributed by atoms with Crippen LogP contribution < -0.4 is 19.9 Å². The number of ether oxygens (including phenoxy) is 1. The van der Waals surface area contributed by atoms with Crippen LogP contribution in [0.3, 0.4) is 0 Å². The van der Waals surface area contributed by atoms with Gasteiger partial charge < -0.3 is 19.9 Å². The first-order valence-electron chi connectivity index (χ1n) is 10.5. The first-order chi connectivity index (χ1) is 15.3. The number of halogens is 2. The number of aldehydes is 1. The number of nitrogens with one attached hydrogen (secondary N) is 1. The van der Waals surface area contributed by atoms with Crippen molar-refractivity contribution in [1.29, 1.82) is 0 Å². The Morgan fingerprint density at radius 3 is 2.69 bits per heavy atom. The Kier molecular flexibility index (Phi) is 5.94. The summed E-state index contributed by atoms with van der Waals surface area (Å²) in [5, 5.41) is 3.03. The summed E-state index contributed by atoms with van der Waals surface area (Å²) in [7, 11) is 2.79. The van der Waals surface area contributed by atoms with E-state index in [0.29, 0.717) is 29.1 Å². The monoisotopic (exact) mass is 445 g/mol. The van der Waals surface area contributed by atoms with Crippen LogP contribution in [0.5, 0.6) is 5.75 Å². The molecule has 170 valence electrons. The SMILES string of the molecule is COc1cc(C=O)ccc1Nc1ncc2c(n1)N(C1CCCCC1)CC(F)(F)C(=O)N2C. The third-order valence-electron chi connectivity index (χ3n) is 5.99. The maximum absolute atomic E-state index is 14.8. The molecule has 0 radical (unpaired) electrons. The van der Waals surface area contributed by atoms with Crippen molar-refractivity contribution in [3.05, 3.63) is 30.0 Å². The van der Waals surface area contributed by atoms with Gasteiger partial charge in [-0.25, -0.2) is 4.98 Å². The van der Waals surface area contributed by atoms with Crippen molar-refractivity contribution in [2.45, 2.75) is 44.1 Å². The van der Waals surface area contributed by atoms with E-state index in [-0.39, 0.29) is 17.7 Å². The molecule has 0 bridgehead atoms. The number of hydrogen-bond donors (Lipinski definition) is 1. The van der Waals surface area contributed by atoms with Gasteiger partial charge in [-0.05, 0) is 31.0 Å². The lowest BCUT2D eigenvalue weighted by Gasteiger charge is -2.35. The lowest BCUT2D eigenvalue weighted by atomic mass is 9.94. The lowest BCUT2D eigenvalue weighted by molar-refractivity contribution is -0.140. The minimum absolute atomic E-state index is 0.128. The van der Waals surface area contributed by atoms with Crippen molar-refractivity contribution in [2.24, 2.45) is 0 Å². The van der Waals surface area contributed by atoms with E-state index in [1.165, 1.54) is 20.4 Å². The van der Waals surface area contributed by atoms with Crippen LogP contribution in [-0.2, 0) is 4.79 Å². The Morgan fingerprint density at radius 1 is 1.25 bits per heavy atom. The Bertz CT molecular complexity index is 1030. The zero-order valence-corrected chi connectivity index (χ0v) is 18.0. The predicted octanol–water partition coefficient (Wildman–Crippen LogP) is 3.79. The number of anilines is 4. The summed E-state index contributed by atoms with van der Waals surface area (Å²) in [6.45, 7) is -0.721. The summed E-state index contributed by atoms with van der Waals surface area (Å²) in [5.74, 6) is -3.92. The van der Waals surface area contributed by atoms with E-state index in [1.54, 1.807) is 23.1 Å². The molecule has 2 heterocycles. The number of fused-ring (bicyclic) bond motifs is 1. The van der Waals surface area contributed by atoms with Crippen LogP contribution in [0.4, 0.5) is 31.9 Å². The minimum Gasteiger partial charge on any atom is -0.495 e. The van der Waals surface area contributed by atoms with E-state index in [2.05, 4.69) is 15.3 Å². The maximum Gasteiger partial charge on any atom is 0.342 e. The number of nitrogens with zero attached hydrogens (tertiary/aromatic N) is 4. The van der Waals surface area contributed by atoms with Gasteiger partial charge in [0, 0.05) is 18.7 Å². The topological polar surface area (TPSA) is 87.7 Å². The Labute approximate surface area is 184 Å². The molecule has 10 heteroatoms. The average molecular weight is 445 g/mol. The van der Waals surface area contributed by atoms with Gasteiger partial charge in [-0.3, -0.25) is 9.59 Å². The molecule has 1 aliphatic carbocycles. The molecule has 1 aromatic carbocycles. The van der Waals surface area contributed by atoms with Crippen LogP contribution in [0.15, 0.2) is 24.4 Å². The van der Waals surface area contributed by atoms with Crippen LogP contribution in [0.2, 0.25) is 0 Å². The van der Waals surface area contributed by atoms with Gasteiger partial charge in [-0.1, -0.05) is 19.3 Å². The molecular weight excluding hydrogens is 420 g/mol. The van der Waals surface area contributed by atoms with Crippen molar-refractivity contribution in [3.63, 3.8) is 0 Å². The summed E-state index contributed by atoms with van der Waals surface area (Å²) in [5.41, 5.74) is 1.21. The number of benzene rings is 1. The second-order valence-corrected chi connectivity index (χ2v) is 8.09. The second-order valence-electron chi connectivity index (χ2n) is 8.09. The van der Waals surface area contributed by atoms with E-state index < -0.39 is 18.4 Å². The van der Waals surface area contributed by atoms with Gasteiger partial charge in [0.05, 0.1) is 25.5 Å². The Hall–Kier alpha value is -3.30. The highest BCUT2D eigenvalue weighted by molar-refractivity contribution is 6.02. The van der Waals surface area contributed by atoms with Crippen molar-refractivity contribution in [1.82, 2.24) is 9.97 Å². The van der Waals surface area contributed by atoms with Crippen LogP contribution >= 0.6 is 0 Å². The van der Waals surface area contributed by atoms with Gasteiger partial charge in [0.25, 0.3) is 5.91 Å². The quantitative estimate of drug-likeness (QED) is 0.701. The van der Waals surface area contributed by atoms with Crippen LogP contribution in [-0.4, -0.2) is 54.8 Å². The summed E-state index contributed by atoms with van der Waals surface area (Å²) < 4.78 is 34.8. The van der Waals surface area contributed by atoms with Gasteiger partial charge in [-0.2, -0.15) is 13.8 Å². The molecule has 1 aromatic heterocycles. The minimum atomic E-state index is -3.53. The third-order valence-corrected chi connectivity index (χ3v) is 5.99. The smallest absolute Gasteiger partial charge is 0.342 e. The molecule has 4 rings (SSSR count). The van der Waals surface area contributed by atoms with Gasteiger partial charge in [-0.15, -0.1) is 0 Å². The van der Waals surface area contributed by atoms with Crippen molar-refractivity contribution >= 4 is 35.3 Å². The number of amides is 1. The van der Waals surface area contributed by atoms with E-state index >= 15 is 0 Å². The van der Waals surface area contributed by atoms with Gasteiger partial charge in [0.15, 0.2) is 5.82 Å². The fraction of sp³-hybridized carbons (Fsp3) is 0.455. The first-order valence-corrected chi connectivity index (χ1v) is 10.5. The maximum atomic E-state index is 14.8. The molecule has 2 aliphatic rings. The molecule has 0 unspecified atom stereocenters. The summed E-state index contributed by atoms with van der Waals surface area (Å²) in [4.78, 5) is 34.7. The van der Waals surface area contributed by atoms with Crippen LogP contribution in [0, 0.1) is 0 Å². The molecular formula is C22H25F2N5O3. The molecule has 1 saturated carbocycles. The summed E-state index contributed by atoms with van der Waals surface area (Å²) in [6.07, 6.45) is 6.58. The number of carbonyl (C=O) groups is 2. The largest absolute Gasteiger partial charge is 0.495 e. The molecule has 2 aromatic rings. The van der Waals surface area contributed by atoms with E-state index in [9.17, 15) is 18.4 Å². The number of alkyl halides is 2. The average Bonchev–Trinajstić information content (AvgIpc) is 2.88. The standard InChI is InChI=1S/C22H25F2N5O3/c1-28-17-11-25-21(26-16-9-8-14(12-30)10-18(16)32-2)27-19(17)29(13-22(23,24)20(28)31)15-6-4-3-5-7-15/h8-12,15H,3-7,13H2,1-2H3,(H,25,26,27). The van der Waals surface area contributed by atoms with E-state index in [4.69, 9.17) is 4.74 Å². The molecule has 1 N–H and O–H groups in total. The Balaban J connectivity index is 1.74. The number of rotatable bonds is 5. The van der Waals surface area contributed by atoms with Crippen molar-refractivity contribution < 1.29 is 23.1 Å². The molecule has 0 saturated heterocycles. The highest BCUT2D eigenvalue weighted by atomic mass is 19.3. The fourth-order valence-corrected chi connectivity index (χ4v) is 4.29. The van der Waals surface area contributed by atoms with E-state index in [0.717, 1.165) is 37.0 Å². The van der Waals surface area contributed by atoms with Crippen molar-refractivity contribution in [3.8, 4) is 5.75 Å². The predicted molar refractivity (Wildman–Crippen MR) is 116 cm³/mol. The van der Waals surface area contributed by atoms with Crippen molar-refractivity contribution in [2.75, 3.05) is 35.8 Å². The highest BCUT2D eigenvalue weighted by Gasteiger charge is 2.48. The molecule has 1 aliphatic heterocycles. The molecule has 32 heavy (non-hydrogen) atoms. The molecule has 1 fully saturated rings. The fourth-order valence-electron chi connectivity index (χ4n) is 4.29. The third kappa shape index (κ3) is 4.09. The van der Waals surface area contributed by atoms with Gasteiger partial charge >= 0.3 is 5.92 Å². The first kappa shape index (κ1) is 21.9. The molecule has 0 spiro atoms. The van der Waals surface area contributed by atoms with Gasteiger partial charge in [0.2, 0.25) is 5.95 Å². The molecule has 8 nitrogen and oxygen atoms in total. The Morgan fingerprint density at radius 2 is 2.00 bits per heavy atom. The summed E-state index contributed by atoms with van der Waals surface area (Å²) in [6, 6.07) is 4.71. The van der Waals surface area contributed by atoms with E-state index in [1.807, 2.05) is 0 Å². The van der Waals surface area contributed by atoms with Crippen LogP contribution in [0.25, 0.3) is 0 Å². The number of hydrogen-bond acceptors (Lipinski definition) is 7. The molecule has 1 amide bonds. The highest BCUT2D eigenvalue weighted by Crippen LogP contribution is 2.39. The number of carbonyl (C=O) groups excluding carboxylic acids is 2. The normalized spacial score (nSPS) is 18.7.